The van der Waals surface area contributed by atoms with Crippen LogP contribution in [0.4, 0.5) is 4.79 Å². The number of hydrogen-bond donors (Lipinski definition) is 0. The van der Waals surface area contributed by atoms with Crippen LogP contribution < -0.4 is 0 Å². The van der Waals surface area contributed by atoms with Crippen molar-refractivity contribution < 1.29 is 9.53 Å². The number of allylic oxidation sites excluding steroid dienone is 2. The van der Waals surface area contributed by atoms with Gasteiger partial charge < -0.3 is 9.64 Å². The molecule has 0 spiro atoms. The number of carbonyl (C=O) groups is 1. The summed E-state index contributed by atoms with van der Waals surface area (Å²) >= 11 is 0. The number of likely N-dealkylation sites (tertiary alicyclic amines) is 1. The minimum Gasteiger partial charge on any atom is -0.444 e. The molecule has 0 radical (unpaired) electrons. The summed E-state index contributed by atoms with van der Waals surface area (Å²) in [6, 6.07) is 0. The Labute approximate surface area is 144 Å². The minimum absolute atomic E-state index is 0.179. The fraction of sp³-hybridized carbons (Fsp3) is 0.737. The predicted molar refractivity (Wildman–Crippen MR) is 96.5 cm³/mol. The Kier molecular flexibility index (Phi) is 5.07. The van der Waals surface area contributed by atoms with E-state index in [0.717, 1.165) is 51.0 Å². The molecule has 0 bridgehead atoms. The molecule has 0 aromatic rings. The van der Waals surface area contributed by atoms with Gasteiger partial charge >= 0.3 is 6.09 Å². The number of nitrogens with zero attached hydrogens (tertiary/aromatic N) is 3. The van der Waals surface area contributed by atoms with Crippen molar-refractivity contribution in [2.24, 2.45) is 21.8 Å². The standard InChI is InChI=1S/C19H29N3O2/c1-19(2,3)24-18(23)22-12-10-14(13-22)6-8-16-9-7-15-5-4-11-20-17(15)21-16/h9,11,14-15H,4-8,10,12-13H2,1-3H3. The summed E-state index contributed by atoms with van der Waals surface area (Å²) < 4.78 is 5.46. The van der Waals surface area contributed by atoms with Crippen molar-refractivity contribution in [2.45, 2.75) is 64.9 Å². The molecule has 5 heteroatoms. The van der Waals surface area contributed by atoms with E-state index in [0.29, 0.717) is 11.8 Å². The van der Waals surface area contributed by atoms with Crippen molar-refractivity contribution in [3.8, 4) is 0 Å². The van der Waals surface area contributed by atoms with Crippen molar-refractivity contribution >= 4 is 18.1 Å². The first-order chi connectivity index (χ1) is 11.4. The van der Waals surface area contributed by atoms with E-state index in [4.69, 9.17) is 9.73 Å². The lowest BCUT2D eigenvalue weighted by Gasteiger charge is -2.24. The summed E-state index contributed by atoms with van der Waals surface area (Å²) in [5.74, 6) is 2.11. The maximum Gasteiger partial charge on any atom is 0.410 e. The topological polar surface area (TPSA) is 54.3 Å². The molecule has 0 N–H and O–H groups in total. The largest absolute Gasteiger partial charge is 0.444 e. The number of ether oxygens (including phenoxy) is 1. The Hall–Kier alpha value is -1.65. The molecule has 0 aromatic heterocycles. The van der Waals surface area contributed by atoms with Crippen LogP contribution in [0.2, 0.25) is 0 Å². The predicted octanol–water partition coefficient (Wildman–Crippen LogP) is 4.19. The van der Waals surface area contributed by atoms with Crippen LogP contribution in [0, 0.1) is 11.8 Å². The van der Waals surface area contributed by atoms with Gasteiger partial charge in [-0.1, -0.05) is 6.08 Å². The van der Waals surface area contributed by atoms with Gasteiger partial charge in [-0.15, -0.1) is 0 Å². The SMILES string of the molecule is CC(C)(C)OC(=O)N1CCC(CCC2=CCC3CCC=NC3=N2)C1. The van der Waals surface area contributed by atoms with Gasteiger partial charge in [0.05, 0.1) is 0 Å². The lowest BCUT2D eigenvalue weighted by molar-refractivity contribution is 0.0287. The molecule has 1 fully saturated rings. The molecule has 2 unspecified atom stereocenters. The lowest BCUT2D eigenvalue weighted by atomic mass is 9.92. The molecule has 1 amide bonds. The highest BCUT2D eigenvalue weighted by atomic mass is 16.6. The number of aliphatic imine (C=N–C) groups is 2. The lowest BCUT2D eigenvalue weighted by Crippen LogP contribution is -2.35. The van der Waals surface area contributed by atoms with Gasteiger partial charge in [0.25, 0.3) is 0 Å². The van der Waals surface area contributed by atoms with Crippen molar-refractivity contribution in [3.63, 3.8) is 0 Å². The minimum atomic E-state index is -0.421. The van der Waals surface area contributed by atoms with Gasteiger partial charge in [-0.05, 0) is 65.2 Å². The Morgan fingerprint density at radius 1 is 1.38 bits per heavy atom. The van der Waals surface area contributed by atoms with Gasteiger partial charge in [-0.25, -0.2) is 14.8 Å². The number of carbonyl (C=O) groups excluding carboxylic acids is 1. The van der Waals surface area contributed by atoms with Crippen LogP contribution in [0.15, 0.2) is 21.8 Å². The van der Waals surface area contributed by atoms with Gasteiger partial charge in [0.2, 0.25) is 0 Å². The van der Waals surface area contributed by atoms with Crippen LogP contribution in [0.5, 0.6) is 0 Å². The second-order valence-electron chi connectivity index (χ2n) is 8.11. The van der Waals surface area contributed by atoms with E-state index in [2.05, 4.69) is 11.1 Å². The number of amidine groups is 1. The van der Waals surface area contributed by atoms with E-state index in [1.165, 1.54) is 12.1 Å². The van der Waals surface area contributed by atoms with Crippen LogP contribution in [0.1, 0.15) is 59.3 Å². The summed E-state index contributed by atoms with van der Waals surface area (Å²) in [5.41, 5.74) is 0.755. The van der Waals surface area contributed by atoms with E-state index >= 15 is 0 Å². The van der Waals surface area contributed by atoms with Gasteiger partial charge in [0, 0.05) is 30.9 Å². The highest BCUT2D eigenvalue weighted by molar-refractivity contribution is 5.94. The summed E-state index contributed by atoms with van der Waals surface area (Å²) in [5, 5.41) is 0. The van der Waals surface area contributed by atoms with E-state index < -0.39 is 5.60 Å². The third-order valence-electron chi connectivity index (χ3n) is 4.88. The Morgan fingerprint density at radius 2 is 2.21 bits per heavy atom. The van der Waals surface area contributed by atoms with Crippen LogP contribution in [-0.2, 0) is 4.74 Å². The van der Waals surface area contributed by atoms with E-state index in [1.807, 2.05) is 31.9 Å². The molecule has 2 atom stereocenters. The highest BCUT2D eigenvalue weighted by Crippen LogP contribution is 2.29. The zero-order valence-corrected chi connectivity index (χ0v) is 15.1. The molecule has 132 valence electrons. The van der Waals surface area contributed by atoms with Gasteiger partial charge in [0.1, 0.15) is 11.4 Å². The fourth-order valence-corrected chi connectivity index (χ4v) is 3.55. The molecule has 0 aliphatic carbocycles. The smallest absolute Gasteiger partial charge is 0.410 e. The normalized spacial score (nSPS) is 26.7. The molecule has 3 aliphatic heterocycles. The summed E-state index contributed by atoms with van der Waals surface area (Å²) in [6.45, 7) is 7.34. The molecule has 5 nitrogen and oxygen atoms in total. The zero-order chi connectivity index (χ0) is 17.2. The Balaban J connectivity index is 1.46. The molecule has 3 heterocycles. The maximum atomic E-state index is 12.1. The number of amides is 1. The number of hydrogen-bond acceptors (Lipinski definition) is 4. The second kappa shape index (κ2) is 7.08. The van der Waals surface area contributed by atoms with Crippen molar-refractivity contribution in [2.75, 3.05) is 13.1 Å². The fourth-order valence-electron chi connectivity index (χ4n) is 3.55. The second-order valence-corrected chi connectivity index (χ2v) is 8.11. The first-order valence-electron chi connectivity index (χ1n) is 9.19. The maximum absolute atomic E-state index is 12.1. The first-order valence-corrected chi connectivity index (χ1v) is 9.19. The van der Waals surface area contributed by atoms with Gasteiger partial charge in [-0.2, -0.15) is 0 Å². The van der Waals surface area contributed by atoms with Gasteiger partial charge in [0.15, 0.2) is 0 Å². The average molecular weight is 331 g/mol. The van der Waals surface area contributed by atoms with Crippen LogP contribution in [0.25, 0.3) is 0 Å². The Bertz CT molecular complexity index is 572. The molecule has 24 heavy (non-hydrogen) atoms. The number of fused-ring (bicyclic) bond motifs is 1. The van der Waals surface area contributed by atoms with Crippen molar-refractivity contribution in [1.82, 2.24) is 4.90 Å². The third kappa shape index (κ3) is 4.46. The molecule has 1 saturated heterocycles. The van der Waals surface area contributed by atoms with Crippen LogP contribution in [-0.4, -0.2) is 41.7 Å². The van der Waals surface area contributed by atoms with Crippen LogP contribution in [0.3, 0.4) is 0 Å². The van der Waals surface area contributed by atoms with E-state index in [1.54, 1.807) is 0 Å². The number of rotatable bonds is 3. The quantitative estimate of drug-likeness (QED) is 0.778. The molecule has 3 aliphatic rings. The Morgan fingerprint density at radius 3 is 3.00 bits per heavy atom. The van der Waals surface area contributed by atoms with Crippen molar-refractivity contribution in [3.05, 3.63) is 11.8 Å². The first kappa shape index (κ1) is 17.2. The molecule has 0 saturated carbocycles. The molecular formula is C19H29N3O2. The van der Waals surface area contributed by atoms with Crippen LogP contribution >= 0.6 is 0 Å². The van der Waals surface area contributed by atoms with E-state index in [-0.39, 0.29) is 6.09 Å². The summed E-state index contributed by atoms with van der Waals surface area (Å²) in [6.07, 6.45) is 10.6. The summed E-state index contributed by atoms with van der Waals surface area (Å²) in [4.78, 5) is 23.2. The van der Waals surface area contributed by atoms with E-state index in [9.17, 15) is 4.79 Å². The van der Waals surface area contributed by atoms with Crippen molar-refractivity contribution in [1.29, 1.82) is 0 Å². The van der Waals surface area contributed by atoms with Gasteiger partial charge in [-0.3, -0.25) is 0 Å². The average Bonchev–Trinajstić information content (AvgIpc) is 3.00. The molecule has 3 rings (SSSR count). The monoisotopic (exact) mass is 331 g/mol. The third-order valence-corrected chi connectivity index (χ3v) is 4.88. The zero-order valence-electron chi connectivity index (χ0n) is 15.1. The summed E-state index contributed by atoms with van der Waals surface area (Å²) in [7, 11) is 0. The molecule has 0 aromatic carbocycles. The molecular weight excluding hydrogens is 302 g/mol. The highest BCUT2D eigenvalue weighted by Gasteiger charge is 2.30.